The summed E-state index contributed by atoms with van der Waals surface area (Å²) in [5.74, 6) is 0.0631. The average Bonchev–Trinajstić information content (AvgIpc) is 2.46. The minimum atomic E-state index is -0.129. The summed E-state index contributed by atoms with van der Waals surface area (Å²) in [5.41, 5.74) is 2.54. The summed E-state index contributed by atoms with van der Waals surface area (Å²) in [5, 5.41) is 6.19. The minimum Gasteiger partial charge on any atom is -0.502 e. The fraction of sp³-hybridized carbons (Fsp3) is 0.400. The van der Waals surface area contributed by atoms with E-state index in [-0.39, 0.29) is 11.9 Å². The van der Waals surface area contributed by atoms with Crippen LogP contribution in [0.5, 0.6) is 0 Å². The zero-order chi connectivity index (χ0) is 13.5. The van der Waals surface area contributed by atoms with Gasteiger partial charge in [0.15, 0.2) is 0 Å². The first-order valence-electron chi connectivity index (χ1n) is 6.61. The molecule has 0 spiro atoms. The maximum absolute atomic E-state index is 12.0. The lowest BCUT2D eigenvalue weighted by molar-refractivity contribution is -0.123. The summed E-state index contributed by atoms with van der Waals surface area (Å²) in [4.78, 5) is 12.0. The van der Waals surface area contributed by atoms with Gasteiger partial charge in [0.25, 0.3) is 0 Å². The third-order valence-corrected chi connectivity index (χ3v) is 3.25. The van der Waals surface area contributed by atoms with Crippen molar-refractivity contribution in [3.8, 4) is 0 Å². The van der Waals surface area contributed by atoms with Crippen molar-refractivity contribution in [3.05, 3.63) is 48.2 Å². The van der Waals surface area contributed by atoms with Gasteiger partial charge in [0.05, 0.1) is 18.9 Å². The number of nitrogens with one attached hydrogen (secondary N) is 2. The molecule has 0 bridgehead atoms. The second kappa shape index (κ2) is 6.95. The average molecular weight is 260 g/mol. The zero-order valence-electron chi connectivity index (χ0n) is 11.0. The Bertz CT molecular complexity index is 446. The van der Waals surface area contributed by atoms with Gasteiger partial charge in [0, 0.05) is 13.1 Å². The van der Waals surface area contributed by atoms with Crippen LogP contribution in [0.4, 0.5) is 0 Å². The van der Waals surface area contributed by atoms with Crippen LogP contribution in [-0.2, 0) is 22.5 Å². The van der Waals surface area contributed by atoms with Crippen molar-refractivity contribution in [2.75, 3.05) is 13.2 Å². The number of carbonyl (C=O) groups is 1. The van der Waals surface area contributed by atoms with E-state index in [9.17, 15) is 4.79 Å². The number of amides is 1. The van der Waals surface area contributed by atoms with Crippen LogP contribution in [0.2, 0.25) is 0 Å². The lowest BCUT2D eigenvalue weighted by atomic mass is 9.95. The SMILES string of the molecule is C=COCCCNC(=O)[C@H]1Cc2ccccc2CN1. The monoisotopic (exact) mass is 260 g/mol. The molecule has 1 amide bonds. The van der Waals surface area contributed by atoms with E-state index in [1.807, 2.05) is 12.1 Å². The van der Waals surface area contributed by atoms with Gasteiger partial charge in [-0.05, 0) is 24.0 Å². The number of benzene rings is 1. The Balaban J connectivity index is 1.77. The second-order valence-electron chi connectivity index (χ2n) is 4.59. The van der Waals surface area contributed by atoms with Crippen LogP contribution in [0.15, 0.2) is 37.1 Å². The van der Waals surface area contributed by atoms with Crippen LogP contribution in [0, 0.1) is 0 Å². The molecule has 1 aromatic carbocycles. The molecule has 0 unspecified atom stereocenters. The summed E-state index contributed by atoms with van der Waals surface area (Å²) in [6.45, 7) is 5.45. The summed E-state index contributed by atoms with van der Waals surface area (Å²) < 4.78 is 5.00. The maximum atomic E-state index is 12.0. The number of rotatable bonds is 6. The van der Waals surface area contributed by atoms with E-state index in [1.54, 1.807) is 0 Å². The Morgan fingerprint density at radius 1 is 1.47 bits per heavy atom. The van der Waals surface area contributed by atoms with Gasteiger partial charge in [-0.15, -0.1) is 0 Å². The Morgan fingerprint density at radius 2 is 2.26 bits per heavy atom. The normalized spacial score (nSPS) is 17.4. The van der Waals surface area contributed by atoms with Crippen LogP contribution >= 0.6 is 0 Å². The van der Waals surface area contributed by atoms with Gasteiger partial charge < -0.3 is 15.4 Å². The second-order valence-corrected chi connectivity index (χ2v) is 4.59. The molecule has 1 aromatic rings. The molecule has 1 atom stereocenters. The van der Waals surface area contributed by atoms with Crippen LogP contribution in [-0.4, -0.2) is 25.1 Å². The van der Waals surface area contributed by atoms with Gasteiger partial charge in [0.2, 0.25) is 5.91 Å². The quantitative estimate of drug-likeness (QED) is 0.600. The topological polar surface area (TPSA) is 50.4 Å². The Kier molecular flexibility index (Phi) is 4.98. The van der Waals surface area contributed by atoms with Crippen molar-refractivity contribution in [1.29, 1.82) is 0 Å². The third kappa shape index (κ3) is 3.83. The summed E-state index contributed by atoms with van der Waals surface area (Å²) in [6.07, 6.45) is 2.97. The van der Waals surface area contributed by atoms with Crippen LogP contribution < -0.4 is 10.6 Å². The molecule has 0 aliphatic carbocycles. The van der Waals surface area contributed by atoms with Crippen molar-refractivity contribution in [2.24, 2.45) is 0 Å². The predicted molar refractivity (Wildman–Crippen MR) is 74.5 cm³/mol. The van der Waals surface area contributed by atoms with E-state index in [0.29, 0.717) is 13.2 Å². The molecule has 0 radical (unpaired) electrons. The van der Waals surface area contributed by atoms with Crippen molar-refractivity contribution >= 4 is 5.91 Å². The van der Waals surface area contributed by atoms with E-state index in [4.69, 9.17) is 4.74 Å². The molecule has 0 fully saturated rings. The molecule has 102 valence electrons. The molecule has 0 aromatic heterocycles. The molecule has 4 nitrogen and oxygen atoms in total. The summed E-state index contributed by atoms with van der Waals surface area (Å²) in [7, 11) is 0. The van der Waals surface area contributed by atoms with E-state index in [0.717, 1.165) is 19.4 Å². The summed E-state index contributed by atoms with van der Waals surface area (Å²) in [6, 6.07) is 8.11. The first-order valence-corrected chi connectivity index (χ1v) is 6.61. The molecule has 0 saturated carbocycles. The van der Waals surface area contributed by atoms with Gasteiger partial charge in [0.1, 0.15) is 0 Å². The zero-order valence-corrected chi connectivity index (χ0v) is 11.0. The van der Waals surface area contributed by atoms with Crippen molar-refractivity contribution in [1.82, 2.24) is 10.6 Å². The highest BCUT2D eigenvalue weighted by Gasteiger charge is 2.23. The van der Waals surface area contributed by atoms with Gasteiger partial charge in [-0.2, -0.15) is 0 Å². The van der Waals surface area contributed by atoms with Crippen LogP contribution in [0.25, 0.3) is 0 Å². The van der Waals surface area contributed by atoms with E-state index in [2.05, 4.69) is 29.3 Å². The first-order chi connectivity index (χ1) is 9.31. The lowest BCUT2D eigenvalue weighted by Crippen LogP contribution is -2.47. The lowest BCUT2D eigenvalue weighted by Gasteiger charge is -2.25. The summed E-state index contributed by atoms with van der Waals surface area (Å²) >= 11 is 0. The molecular formula is C15H20N2O2. The molecule has 1 aliphatic heterocycles. The van der Waals surface area contributed by atoms with E-state index in [1.165, 1.54) is 17.4 Å². The predicted octanol–water partition coefficient (Wildman–Crippen LogP) is 1.37. The van der Waals surface area contributed by atoms with E-state index >= 15 is 0 Å². The standard InChI is InChI=1S/C15H20N2O2/c1-2-19-9-5-8-16-15(18)14-10-12-6-3-4-7-13(12)11-17-14/h2-4,6-7,14,17H,1,5,8-11H2,(H,16,18)/t14-/m1/s1. The molecule has 2 N–H and O–H groups in total. The molecule has 2 rings (SSSR count). The van der Waals surface area contributed by atoms with Crippen molar-refractivity contribution in [2.45, 2.75) is 25.4 Å². The first kappa shape index (κ1) is 13.6. The molecule has 4 heteroatoms. The molecule has 1 heterocycles. The van der Waals surface area contributed by atoms with Gasteiger partial charge in [-0.25, -0.2) is 0 Å². The molecular weight excluding hydrogens is 240 g/mol. The van der Waals surface area contributed by atoms with Crippen LogP contribution in [0.1, 0.15) is 17.5 Å². The van der Waals surface area contributed by atoms with Crippen LogP contribution in [0.3, 0.4) is 0 Å². The number of fused-ring (bicyclic) bond motifs is 1. The Labute approximate surface area is 113 Å². The Morgan fingerprint density at radius 3 is 3.05 bits per heavy atom. The fourth-order valence-corrected chi connectivity index (χ4v) is 2.21. The number of hydrogen-bond acceptors (Lipinski definition) is 3. The van der Waals surface area contributed by atoms with E-state index < -0.39 is 0 Å². The van der Waals surface area contributed by atoms with Crippen molar-refractivity contribution < 1.29 is 9.53 Å². The third-order valence-electron chi connectivity index (χ3n) is 3.25. The largest absolute Gasteiger partial charge is 0.502 e. The maximum Gasteiger partial charge on any atom is 0.237 e. The highest BCUT2D eigenvalue weighted by Crippen LogP contribution is 2.16. The van der Waals surface area contributed by atoms with Gasteiger partial charge in [-0.1, -0.05) is 30.8 Å². The fourth-order valence-electron chi connectivity index (χ4n) is 2.21. The number of carbonyl (C=O) groups excluding carboxylic acids is 1. The highest BCUT2D eigenvalue weighted by atomic mass is 16.5. The molecule has 1 aliphatic rings. The Hall–Kier alpha value is -1.81. The van der Waals surface area contributed by atoms with Gasteiger partial charge >= 0.3 is 0 Å². The highest BCUT2D eigenvalue weighted by molar-refractivity contribution is 5.82. The molecule has 19 heavy (non-hydrogen) atoms. The van der Waals surface area contributed by atoms with Crippen molar-refractivity contribution in [3.63, 3.8) is 0 Å². The molecule has 0 saturated heterocycles. The number of ether oxygens (including phenoxy) is 1. The minimum absolute atomic E-state index is 0.0631. The van der Waals surface area contributed by atoms with Gasteiger partial charge in [-0.3, -0.25) is 4.79 Å². The smallest absolute Gasteiger partial charge is 0.237 e. The number of hydrogen-bond donors (Lipinski definition) is 2.